The van der Waals surface area contributed by atoms with Crippen LogP contribution in [0.3, 0.4) is 0 Å². The van der Waals surface area contributed by atoms with Gasteiger partial charge in [0.05, 0.1) is 18.7 Å². The molecular weight excluding hydrogens is 246 g/mol. The Morgan fingerprint density at radius 3 is 2.40 bits per heavy atom. The fourth-order valence-corrected chi connectivity index (χ4v) is 2.38. The highest BCUT2D eigenvalue weighted by molar-refractivity contribution is 5.75. The molecule has 0 atom stereocenters. The summed E-state index contributed by atoms with van der Waals surface area (Å²) < 4.78 is 5.33. The van der Waals surface area contributed by atoms with E-state index in [4.69, 9.17) is 4.74 Å². The van der Waals surface area contributed by atoms with Gasteiger partial charge in [-0.25, -0.2) is 0 Å². The Kier molecular flexibility index (Phi) is 4.10. The number of ether oxygens (including phenoxy) is 1. The average molecular weight is 265 g/mol. The van der Waals surface area contributed by atoms with E-state index in [9.17, 15) is 5.26 Å². The third kappa shape index (κ3) is 2.67. The van der Waals surface area contributed by atoms with Gasteiger partial charge in [0.2, 0.25) is 0 Å². The average Bonchev–Trinajstić information content (AvgIpc) is 2.46. The summed E-state index contributed by atoms with van der Waals surface area (Å²) in [6.07, 6.45) is 0. The van der Waals surface area contributed by atoms with E-state index < -0.39 is 0 Å². The second-order valence-corrected chi connectivity index (χ2v) is 5.27. The third-order valence-corrected chi connectivity index (χ3v) is 3.47. The SMILES string of the molecule is COc1ccc(C(C)C)c(-c2cc(C)ccc2C#N)c1. The second kappa shape index (κ2) is 5.79. The standard InChI is InChI=1S/C18H19NO/c1-12(2)16-8-7-15(20-4)10-18(16)17-9-13(3)5-6-14(17)11-19/h5-10,12H,1-4H3. The molecule has 0 N–H and O–H groups in total. The molecule has 0 saturated carbocycles. The second-order valence-electron chi connectivity index (χ2n) is 5.27. The Morgan fingerprint density at radius 2 is 1.80 bits per heavy atom. The fraction of sp³-hybridized carbons (Fsp3) is 0.278. The molecule has 102 valence electrons. The van der Waals surface area contributed by atoms with Gasteiger partial charge in [0.25, 0.3) is 0 Å². The van der Waals surface area contributed by atoms with Gasteiger partial charge in [0, 0.05) is 5.56 Å². The number of aryl methyl sites for hydroxylation is 1. The Hall–Kier alpha value is -2.27. The van der Waals surface area contributed by atoms with Crippen LogP contribution in [0.2, 0.25) is 0 Å². The summed E-state index contributed by atoms with van der Waals surface area (Å²) in [6.45, 7) is 6.36. The lowest BCUT2D eigenvalue weighted by atomic mass is 9.89. The van der Waals surface area contributed by atoms with E-state index in [1.165, 1.54) is 5.56 Å². The molecule has 2 aromatic rings. The van der Waals surface area contributed by atoms with Gasteiger partial charge in [0.1, 0.15) is 5.75 Å². The zero-order valence-electron chi connectivity index (χ0n) is 12.4. The normalized spacial score (nSPS) is 10.4. The monoisotopic (exact) mass is 265 g/mol. The van der Waals surface area contributed by atoms with Crippen molar-refractivity contribution in [3.8, 4) is 22.9 Å². The van der Waals surface area contributed by atoms with Crippen LogP contribution in [0.25, 0.3) is 11.1 Å². The first kappa shape index (κ1) is 14.1. The molecule has 0 amide bonds. The summed E-state index contributed by atoms with van der Waals surface area (Å²) in [7, 11) is 1.66. The summed E-state index contributed by atoms with van der Waals surface area (Å²) in [4.78, 5) is 0. The van der Waals surface area contributed by atoms with Crippen LogP contribution in [-0.4, -0.2) is 7.11 Å². The van der Waals surface area contributed by atoms with Crippen molar-refractivity contribution in [1.29, 1.82) is 5.26 Å². The molecular formula is C18H19NO. The van der Waals surface area contributed by atoms with Crippen LogP contribution in [0, 0.1) is 18.3 Å². The Morgan fingerprint density at radius 1 is 1.05 bits per heavy atom. The van der Waals surface area contributed by atoms with E-state index in [0.29, 0.717) is 11.5 Å². The van der Waals surface area contributed by atoms with Gasteiger partial charge in [0.15, 0.2) is 0 Å². The lowest BCUT2D eigenvalue weighted by Gasteiger charge is -2.16. The van der Waals surface area contributed by atoms with Gasteiger partial charge in [-0.05, 0) is 42.2 Å². The molecule has 0 spiro atoms. The molecule has 0 radical (unpaired) electrons. The predicted octanol–water partition coefficient (Wildman–Crippen LogP) is 4.67. The highest BCUT2D eigenvalue weighted by Crippen LogP contribution is 2.34. The summed E-state index contributed by atoms with van der Waals surface area (Å²) in [5.41, 5.74) is 5.14. The van der Waals surface area contributed by atoms with Crippen LogP contribution in [0.5, 0.6) is 5.75 Å². The van der Waals surface area contributed by atoms with Crippen LogP contribution in [0.1, 0.15) is 36.5 Å². The van der Waals surface area contributed by atoms with E-state index in [1.54, 1.807) is 7.11 Å². The third-order valence-electron chi connectivity index (χ3n) is 3.47. The maximum atomic E-state index is 9.35. The number of hydrogen-bond acceptors (Lipinski definition) is 2. The minimum Gasteiger partial charge on any atom is -0.497 e. The molecule has 2 nitrogen and oxygen atoms in total. The highest BCUT2D eigenvalue weighted by Gasteiger charge is 2.13. The number of benzene rings is 2. The van der Waals surface area contributed by atoms with Gasteiger partial charge in [-0.3, -0.25) is 0 Å². The number of nitrogens with zero attached hydrogens (tertiary/aromatic N) is 1. The number of nitriles is 1. The van der Waals surface area contributed by atoms with E-state index in [-0.39, 0.29) is 0 Å². The Labute approximate surface area is 120 Å². The van der Waals surface area contributed by atoms with Gasteiger partial charge in [-0.1, -0.05) is 37.6 Å². The van der Waals surface area contributed by atoms with E-state index in [1.807, 2.05) is 31.2 Å². The van der Waals surface area contributed by atoms with Crippen molar-refractivity contribution >= 4 is 0 Å². The molecule has 0 aliphatic rings. The highest BCUT2D eigenvalue weighted by atomic mass is 16.5. The number of hydrogen-bond donors (Lipinski definition) is 0. The van der Waals surface area contributed by atoms with Gasteiger partial charge < -0.3 is 4.74 Å². The van der Waals surface area contributed by atoms with Crippen LogP contribution >= 0.6 is 0 Å². The van der Waals surface area contributed by atoms with Crippen molar-refractivity contribution in [3.63, 3.8) is 0 Å². The molecule has 0 aliphatic heterocycles. The molecule has 2 heteroatoms. The van der Waals surface area contributed by atoms with Gasteiger partial charge >= 0.3 is 0 Å². The molecule has 0 bridgehead atoms. The van der Waals surface area contributed by atoms with E-state index in [0.717, 1.165) is 22.4 Å². The van der Waals surface area contributed by atoms with E-state index in [2.05, 4.69) is 32.0 Å². The Balaban J connectivity index is 2.73. The zero-order valence-corrected chi connectivity index (χ0v) is 12.4. The largest absolute Gasteiger partial charge is 0.497 e. The first-order valence-electron chi connectivity index (χ1n) is 6.76. The summed E-state index contributed by atoms with van der Waals surface area (Å²) >= 11 is 0. The number of rotatable bonds is 3. The van der Waals surface area contributed by atoms with Crippen molar-refractivity contribution in [3.05, 3.63) is 53.1 Å². The quantitative estimate of drug-likeness (QED) is 0.808. The molecule has 0 aliphatic carbocycles. The van der Waals surface area contributed by atoms with E-state index >= 15 is 0 Å². The van der Waals surface area contributed by atoms with Gasteiger partial charge in [-0.2, -0.15) is 5.26 Å². The van der Waals surface area contributed by atoms with Crippen LogP contribution in [0.15, 0.2) is 36.4 Å². The number of methoxy groups -OCH3 is 1. The maximum Gasteiger partial charge on any atom is 0.119 e. The summed E-state index contributed by atoms with van der Waals surface area (Å²) in [6, 6.07) is 14.3. The van der Waals surface area contributed by atoms with Crippen molar-refractivity contribution < 1.29 is 4.74 Å². The lowest BCUT2D eigenvalue weighted by molar-refractivity contribution is 0.415. The molecule has 2 rings (SSSR count). The topological polar surface area (TPSA) is 33.0 Å². The van der Waals surface area contributed by atoms with Crippen molar-refractivity contribution in [2.24, 2.45) is 0 Å². The van der Waals surface area contributed by atoms with Crippen molar-refractivity contribution in [2.75, 3.05) is 7.11 Å². The molecule has 0 heterocycles. The van der Waals surface area contributed by atoms with Crippen molar-refractivity contribution in [1.82, 2.24) is 0 Å². The van der Waals surface area contributed by atoms with Crippen LogP contribution < -0.4 is 4.74 Å². The summed E-state index contributed by atoms with van der Waals surface area (Å²) in [5.74, 6) is 1.21. The molecule has 2 aromatic carbocycles. The first-order chi connectivity index (χ1) is 9.56. The molecule has 0 saturated heterocycles. The molecule has 0 unspecified atom stereocenters. The fourth-order valence-electron chi connectivity index (χ4n) is 2.38. The minimum absolute atomic E-state index is 0.392. The minimum atomic E-state index is 0.392. The summed E-state index contributed by atoms with van der Waals surface area (Å²) in [5, 5.41) is 9.35. The molecule has 0 fully saturated rings. The smallest absolute Gasteiger partial charge is 0.119 e. The van der Waals surface area contributed by atoms with Crippen molar-refractivity contribution in [2.45, 2.75) is 26.7 Å². The maximum absolute atomic E-state index is 9.35. The predicted molar refractivity (Wildman–Crippen MR) is 82.0 cm³/mol. The van der Waals surface area contributed by atoms with Crippen LogP contribution in [-0.2, 0) is 0 Å². The van der Waals surface area contributed by atoms with Gasteiger partial charge in [-0.15, -0.1) is 0 Å². The zero-order chi connectivity index (χ0) is 14.7. The molecule has 0 aromatic heterocycles. The Bertz CT molecular complexity index is 666. The first-order valence-corrected chi connectivity index (χ1v) is 6.76. The lowest BCUT2D eigenvalue weighted by Crippen LogP contribution is -1.96. The molecule has 20 heavy (non-hydrogen) atoms. The van der Waals surface area contributed by atoms with Crippen LogP contribution in [0.4, 0.5) is 0 Å².